The Morgan fingerprint density at radius 3 is 2.00 bits per heavy atom. The van der Waals surface area contributed by atoms with E-state index in [1.807, 2.05) is 69.3 Å². The summed E-state index contributed by atoms with van der Waals surface area (Å²) in [5.74, 6) is 6.52. The van der Waals surface area contributed by atoms with E-state index in [-0.39, 0.29) is 58.7 Å². The molecule has 462 valence electrons. The maximum absolute atomic E-state index is 12.7. The van der Waals surface area contributed by atoms with Gasteiger partial charge in [0.1, 0.15) is 12.4 Å². The van der Waals surface area contributed by atoms with Gasteiger partial charge in [0.2, 0.25) is 18.1 Å². The minimum Gasteiger partial charge on any atom is -0.502 e. The Bertz CT molecular complexity index is 2890. The number of rotatable bonds is 35. The fourth-order valence-electron chi connectivity index (χ4n) is 8.07. The summed E-state index contributed by atoms with van der Waals surface area (Å²) in [6.07, 6.45) is 7.42. The Kier molecular flexibility index (Phi) is 35.4. The molecule has 0 saturated carbocycles. The molecule has 0 spiro atoms. The Morgan fingerprint density at radius 2 is 1.38 bits per heavy atom. The zero-order chi connectivity index (χ0) is 61.5. The van der Waals surface area contributed by atoms with E-state index in [1.165, 1.54) is 24.3 Å². The summed E-state index contributed by atoms with van der Waals surface area (Å²) in [5.41, 5.74) is 11.8. The summed E-state index contributed by atoms with van der Waals surface area (Å²) in [7, 11) is 1.00. The quantitative estimate of drug-likeness (QED) is 0.00505. The number of hydrazine groups is 1. The van der Waals surface area contributed by atoms with Crippen LogP contribution in [0.15, 0.2) is 113 Å². The Hall–Kier alpha value is -6.57. The van der Waals surface area contributed by atoms with Gasteiger partial charge < -0.3 is 83.6 Å². The van der Waals surface area contributed by atoms with Gasteiger partial charge in [-0.05, 0) is 67.0 Å². The normalized spacial score (nSPS) is 12.5. The predicted octanol–water partition coefficient (Wildman–Crippen LogP) is 7.00. The molecule has 0 saturated heterocycles. The van der Waals surface area contributed by atoms with E-state index in [0.29, 0.717) is 121 Å². The maximum Gasteiger partial charge on any atom is 0.321 e. The number of hydrogen-bond donors (Lipinski definition) is 8. The van der Waals surface area contributed by atoms with Crippen molar-refractivity contribution in [3.8, 4) is 22.8 Å². The summed E-state index contributed by atoms with van der Waals surface area (Å²) in [6, 6.07) is 26.2. The number of ether oxygens (including phenoxy) is 6. The van der Waals surface area contributed by atoms with Crippen molar-refractivity contribution < 1.29 is 71.7 Å². The lowest BCUT2D eigenvalue weighted by Crippen LogP contribution is -2.36. The lowest BCUT2D eigenvalue weighted by Gasteiger charge is -2.31. The largest absolute Gasteiger partial charge is 0.502 e. The molecule has 10 N–H and O–H groups in total. The highest BCUT2D eigenvalue weighted by molar-refractivity contribution is 8.06. The first-order valence-electron chi connectivity index (χ1n) is 27.9. The van der Waals surface area contributed by atoms with Crippen LogP contribution >= 0.6 is 6.72 Å². The van der Waals surface area contributed by atoms with E-state index in [0.717, 1.165) is 68.0 Å². The molecule has 0 radical (unpaired) electrons. The number of aromatic hydroxyl groups is 1. The van der Waals surface area contributed by atoms with Crippen LogP contribution in [0, 0.1) is 0 Å². The molecular weight excluding hydrogens is 1120 g/mol. The van der Waals surface area contributed by atoms with Gasteiger partial charge in [0.05, 0.1) is 108 Å². The predicted molar refractivity (Wildman–Crippen MR) is 329 cm³/mol. The van der Waals surface area contributed by atoms with E-state index in [2.05, 4.69) is 33.5 Å². The summed E-state index contributed by atoms with van der Waals surface area (Å²) in [5, 5.41) is 25.1. The van der Waals surface area contributed by atoms with Crippen LogP contribution in [0.1, 0.15) is 86.3 Å². The molecule has 6 rings (SSSR count). The Morgan fingerprint density at radius 1 is 0.786 bits per heavy atom. The fourth-order valence-corrected chi connectivity index (χ4v) is 8.66. The second kappa shape index (κ2) is 41.4. The molecular formula is C60H85N6O16PS. The second-order valence-electron chi connectivity index (χ2n) is 18.0. The summed E-state index contributed by atoms with van der Waals surface area (Å²) in [4.78, 5) is 67.8. The van der Waals surface area contributed by atoms with Crippen molar-refractivity contribution in [2.24, 2.45) is 11.6 Å². The number of aliphatic hydroxyl groups is 1. The summed E-state index contributed by atoms with van der Waals surface area (Å²) < 4.78 is 44.1. The Labute approximate surface area is 497 Å². The summed E-state index contributed by atoms with van der Waals surface area (Å²) >= 11 is 4.31. The topological polar surface area (TPSA) is 310 Å². The third-order valence-electron chi connectivity index (χ3n) is 12.0. The zero-order valence-electron chi connectivity index (χ0n) is 48.7. The van der Waals surface area contributed by atoms with Crippen molar-refractivity contribution in [3.63, 3.8) is 0 Å². The SMILES string of the molecule is C=CCOc1ccc2c(=O)cc(-c3ccc(C(=O)NCCOCCOCCOCCOCCOCCN(N)/C4=C(\N)c5ccccc5CN(C=O)c5ccccc54)cc3)oc2c1O.CC.CCCC(=O)NCCCCCCOP(O)(O)=S.CO. The minimum absolute atomic E-state index is 0.00927. The molecule has 1 aliphatic rings. The molecule has 5 aromatic rings. The van der Waals surface area contributed by atoms with Gasteiger partial charge in [0.25, 0.3) is 5.91 Å². The molecule has 0 fully saturated rings. The smallest absolute Gasteiger partial charge is 0.321 e. The van der Waals surface area contributed by atoms with Gasteiger partial charge in [-0.25, -0.2) is 5.84 Å². The van der Waals surface area contributed by atoms with E-state index in [1.54, 1.807) is 34.2 Å². The van der Waals surface area contributed by atoms with Crippen molar-refractivity contribution in [2.45, 2.75) is 65.8 Å². The number of phenols is 1. The van der Waals surface area contributed by atoms with Crippen molar-refractivity contribution in [1.29, 1.82) is 0 Å². The highest BCUT2D eigenvalue weighted by atomic mass is 32.5. The van der Waals surface area contributed by atoms with Gasteiger partial charge >= 0.3 is 6.72 Å². The number of para-hydroxylation sites is 1. The van der Waals surface area contributed by atoms with E-state index in [9.17, 15) is 24.3 Å². The van der Waals surface area contributed by atoms with Gasteiger partial charge in [0.15, 0.2) is 16.8 Å². The average molecular weight is 1210 g/mol. The van der Waals surface area contributed by atoms with Crippen LogP contribution in [0.3, 0.4) is 0 Å². The first kappa shape index (κ1) is 71.7. The molecule has 1 aromatic heterocycles. The van der Waals surface area contributed by atoms with Crippen molar-refractivity contribution in [3.05, 3.63) is 136 Å². The van der Waals surface area contributed by atoms with Gasteiger partial charge in [-0.3, -0.25) is 19.2 Å². The van der Waals surface area contributed by atoms with Crippen molar-refractivity contribution in [1.82, 2.24) is 15.6 Å². The molecule has 3 amide bonds. The van der Waals surface area contributed by atoms with E-state index in [4.69, 9.17) is 59.3 Å². The van der Waals surface area contributed by atoms with Crippen LogP contribution in [0.5, 0.6) is 11.5 Å². The van der Waals surface area contributed by atoms with Crippen LogP contribution in [0.25, 0.3) is 33.7 Å². The molecule has 84 heavy (non-hydrogen) atoms. The van der Waals surface area contributed by atoms with Crippen molar-refractivity contribution >= 4 is 64.8 Å². The average Bonchev–Trinajstić information content (AvgIpc) is 3.44. The number of aliphatic hydroxyl groups excluding tert-OH is 1. The first-order valence-corrected chi connectivity index (χ1v) is 30.5. The molecule has 24 heteroatoms. The van der Waals surface area contributed by atoms with E-state index < -0.39 is 6.72 Å². The van der Waals surface area contributed by atoms with Crippen LogP contribution < -0.4 is 37.3 Å². The van der Waals surface area contributed by atoms with Crippen LogP contribution in [-0.2, 0) is 56.1 Å². The molecule has 4 aromatic carbocycles. The minimum atomic E-state index is -3.47. The number of anilines is 1. The third kappa shape index (κ3) is 25.3. The number of unbranched alkanes of at least 4 members (excludes halogenated alkanes) is 3. The number of hydrogen-bond acceptors (Lipinski definition) is 18. The van der Waals surface area contributed by atoms with Gasteiger partial charge in [-0.2, -0.15) is 0 Å². The number of carbonyl (C=O) groups is 3. The lowest BCUT2D eigenvalue weighted by molar-refractivity contribution is -0.121. The molecule has 0 atom stereocenters. The zero-order valence-corrected chi connectivity index (χ0v) is 50.4. The Balaban J connectivity index is 0.000000753. The van der Waals surface area contributed by atoms with E-state index >= 15 is 0 Å². The number of nitrogens with zero attached hydrogens (tertiary/aromatic N) is 2. The third-order valence-corrected chi connectivity index (χ3v) is 12.9. The highest BCUT2D eigenvalue weighted by Crippen LogP contribution is 2.38. The molecule has 1 aliphatic heterocycles. The number of carbonyl (C=O) groups excluding carboxylic acids is 3. The first-order chi connectivity index (χ1) is 40.8. The second-order valence-corrected chi connectivity index (χ2v) is 20.6. The monoisotopic (exact) mass is 1210 g/mol. The molecule has 2 heterocycles. The lowest BCUT2D eigenvalue weighted by atomic mass is 9.96. The number of nitrogens with one attached hydrogen (secondary N) is 2. The fraction of sp³-hybridized carbons (Fsp3) is 0.433. The van der Waals surface area contributed by atoms with Gasteiger partial charge in [0, 0.05) is 54.9 Å². The van der Waals surface area contributed by atoms with Gasteiger partial charge in [-0.15, -0.1) is 0 Å². The number of phenolic OH excluding ortho intramolecular Hbond substituents is 1. The number of amides is 3. The molecule has 0 bridgehead atoms. The standard InChI is InChI=1S/C47H53N5O11.C10H22NO4PS.C2H6.CH4O/c1-2-19-62-41-16-15-38-40(54)30-42(63-46(38)45(41)55)33-11-13-34(14-12-33)47(56)50-17-20-57-22-24-59-26-28-61-29-27-60-25-23-58-21-18-52(49)44-37-9-5-6-10-39(37)51(32-53)31-35-7-3-4-8-36(35)43(44)48;1-2-7-10(12)11-8-5-3-4-6-9-15-16(13,14)17;2*1-2/h2-16,30,32,55H,1,17-29,31,48-49H2,(H,50,56);2-9H2,1H3,(H,11,12)(H2,13,14,17);1-2H3;2H,1H3/b44-43-;;;. The van der Waals surface area contributed by atoms with Crippen LogP contribution in [-0.4, -0.2) is 149 Å². The molecule has 0 unspecified atom stereocenters. The molecule has 0 aliphatic carbocycles. The number of nitrogens with two attached hydrogens (primary N) is 2. The molecule has 22 nitrogen and oxygen atoms in total. The van der Waals surface area contributed by atoms with Crippen LogP contribution in [0.2, 0.25) is 0 Å². The summed E-state index contributed by atoms with van der Waals surface area (Å²) in [6.45, 7) is 12.0. The number of benzene rings is 4. The van der Waals surface area contributed by atoms with Crippen molar-refractivity contribution in [2.75, 3.05) is 111 Å². The highest BCUT2D eigenvalue weighted by Gasteiger charge is 2.25. The number of fused-ring (bicyclic) bond motifs is 3. The maximum atomic E-state index is 12.7. The van der Waals surface area contributed by atoms with Gasteiger partial charge in [-0.1, -0.05) is 101 Å². The van der Waals surface area contributed by atoms with Crippen LogP contribution in [0.4, 0.5) is 5.69 Å².